The minimum Gasteiger partial charge on any atom is -0.507 e. The van der Waals surface area contributed by atoms with Gasteiger partial charge in [0.2, 0.25) is 0 Å². The van der Waals surface area contributed by atoms with Gasteiger partial charge in [0.25, 0.3) is 0 Å². The third kappa shape index (κ3) is 8.61. The number of hydrogen-bond donors (Lipinski definition) is 6. The van der Waals surface area contributed by atoms with Crippen molar-refractivity contribution in [3.8, 4) is 23.3 Å². The van der Waals surface area contributed by atoms with Gasteiger partial charge in [-0.1, -0.05) is 67.5 Å². The molecule has 8 aliphatic rings. The van der Waals surface area contributed by atoms with Gasteiger partial charge >= 0.3 is 11.9 Å². The van der Waals surface area contributed by atoms with Crippen molar-refractivity contribution in [3.63, 3.8) is 0 Å². The van der Waals surface area contributed by atoms with Crippen LogP contribution < -0.4 is 10.1 Å². The number of rotatable bonds is 6. The summed E-state index contributed by atoms with van der Waals surface area (Å²) in [5, 5.41) is 63.7. The molecular formula is C59H67NO10. The lowest BCUT2D eigenvalue weighted by molar-refractivity contribution is -0.221. The maximum absolute atomic E-state index is 16.0. The molecule has 3 heterocycles. The molecule has 0 amide bonds. The lowest BCUT2D eigenvalue weighted by Gasteiger charge is -2.58. The van der Waals surface area contributed by atoms with Crippen molar-refractivity contribution >= 4 is 23.4 Å². The molecule has 6 N–H and O–H groups in total. The molecule has 3 aromatic rings. The molecule has 11 heteroatoms. The highest BCUT2D eigenvalue weighted by atomic mass is 16.6. The van der Waals surface area contributed by atoms with Crippen LogP contribution in [0.25, 0.3) is 0 Å². The van der Waals surface area contributed by atoms with Crippen LogP contribution in [0.2, 0.25) is 0 Å². The van der Waals surface area contributed by atoms with E-state index in [0.717, 1.165) is 61.6 Å². The van der Waals surface area contributed by atoms with Crippen molar-refractivity contribution in [2.45, 2.75) is 164 Å². The van der Waals surface area contributed by atoms with Gasteiger partial charge in [-0.15, -0.1) is 0 Å². The van der Waals surface area contributed by atoms with E-state index in [2.05, 4.69) is 47.5 Å². The first-order chi connectivity index (χ1) is 33.9. The molecule has 70 heavy (non-hydrogen) atoms. The van der Waals surface area contributed by atoms with Crippen LogP contribution >= 0.6 is 0 Å². The number of carbonyl (C=O) groups excluding carboxylic acids is 3. The van der Waals surface area contributed by atoms with Crippen LogP contribution in [0.5, 0.6) is 11.5 Å². The number of allylic oxidation sites excluding steroid dienone is 2. The number of nitrogens with one attached hydrogen (secondary N) is 1. The Bertz CT molecular complexity index is 2720. The average Bonchev–Trinajstić information content (AvgIpc) is 3.51. The Labute approximate surface area is 410 Å². The van der Waals surface area contributed by atoms with Gasteiger partial charge in [-0.25, -0.2) is 4.79 Å². The van der Waals surface area contributed by atoms with Gasteiger partial charge in [-0.3, -0.25) is 9.59 Å². The zero-order valence-corrected chi connectivity index (χ0v) is 40.3. The number of benzene rings is 3. The summed E-state index contributed by atoms with van der Waals surface area (Å²) >= 11 is 0. The van der Waals surface area contributed by atoms with Gasteiger partial charge in [0.05, 0.1) is 31.2 Å². The summed E-state index contributed by atoms with van der Waals surface area (Å²) in [4.78, 5) is 44.1. The van der Waals surface area contributed by atoms with E-state index in [1.165, 1.54) is 0 Å². The van der Waals surface area contributed by atoms with Crippen LogP contribution in [0.4, 0.5) is 5.69 Å². The lowest BCUT2D eigenvalue weighted by Crippen LogP contribution is -2.65. The number of phenolic OH excluding ortho intramolecular Hbond substituents is 1. The highest BCUT2D eigenvalue weighted by molar-refractivity contribution is 5.90. The fourth-order valence-corrected chi connectivity index (χ4v) is 14.5. The van der Waals surface area contributed by atoms with Gasteiger partial charge in [0, 0.05) is 60.0 Å². The van der Waals surface area contributed by atoms with E-state index >= 15 is 4.79 Å². The lowest BCUT2D eigenvalue weighted by atomic mass is 9.49. The zero-order chi connectivity index (χ0) is 48.4. The number of carbonyl (C=O) groups is 3. The summed E-state index contributed by atoms with van der Waals surface area (Å²) in [6, 6.07) is 13.8. The average molecular weight is 950 g/mol. The Balaban J connectivity index is 1.17. The number of hydrogen-bond acceptors (Lipinski definition) is 11. The van der Waals surface area contributed by atoms with E-state index in [9.17, 15) is 35.1 Å². The number of aryl methyl sites for hydroxylation is 1. The fraction of sp³-hybridized carbons (Fsp3) is 0.542. The molecule has 0 spiro atoms. The van der Waals surface area contributed by atoms with Crippen molar-refractivity contribution in [1.29, 1.82) is 0 Å². The Kier molecular flexibility index (Phi) is 12.8. The molecule has 5 aliphatic carbocycles. The largest absolute Gasteiger partial charge is 0.507 e. The normalized spacial score (nSPS) is 32.1. The first-order valence-corrected chi connectivity index (χ1v) is 26.3. The second-order valence-corrected chi connectivity index (χ2v) is 22.1. The van der Waals surface area contributed by atoms with Gasteiger partial charge in [0.15, 0.2) is 0 Å². The summed E-state index contributed by atoms with van der Waals surface area (Å²) in [5.74, 6) is 3.63. The highest BCUT2D eigenvalue weighted by Gasteiger charge is 2.62. The number of aromatic hydroxyl groups is 1. The number of esters is 2. The third-order valence-electron chi connectivity index (χ3n) is 17.8. The van der Waals surface area contributed by atoms with Crippen LogP contribution in [0.15, 0.2) is 65.8 Å². The van der Waals surface area contributed by atoms with Crippen LogP contribution in [-0.4, -0.2) is 73.7 Å². The highest BCUT2D eigenvalue weighted by Crippen LogP contribution is 2.58. The van der Waals surface area contributed by atoms with Gasteiger partial charge in [0.1, 0.15) is 29.0 Å². The number of aliphatic hydroxyl groups excluding tert-OH is 3. The molecule has 11 rings (SSSR count). The van der Waals surface area contributed by atoms with Crippen molar-refractivity contribution in [2.75, 3.05) is 11.9 Å². The van der Waals surface area contributed by atoms with E-state index < -0.39 is 53.6 Å². The Morgan fingerprint density at radius 3 is 2.50 bits per heavy atom. The number of ether oxygens (including phenoxy) is 2. The quantitative estimate of drug-likeness (QED) is 0.0608. The molecule has 0 aromatic heterocycles. The summed E-state index contributed by atoms with van der Waals surface area (Å²) in [7, 11) is 0. The monoisotopic (exact) mass is 949 g/mol. The third-order valence-corrected chi connectivity index (χ3v) is 17.8. The number of ketones is 1. The molecule has 11 bridgehead atoms. The van der Waals surface area contributed by atoms with Gasteiger partial charge in [-0.2, -0.15) is 0 Å². The predicted molar refractivity (Wildman–Crippen MR) is 263 cm³/mol. The van der Waals surface area contributed by atoms with E-state index in [1.54, 1.807) is 6.92 Å². The van der Waals surface area contributed by atoms with Crippen LogP contribution in [-0.2, 0) is 51.4 Å². The van der Waals surface area contributed by atoms with E-state index in [1.807, 2.05) is 24.3 Å². The standard InChI is InChI=1S/C59H67NO10/c1-32(62)30-60-43-21-34(31-61)20-40(23-43)37-13-14-38-29-54(65)70-57-45(38)26-42(56(66)55(57)36-7-3-2-4-8-36)28-53-59(68)49-10-6-5-9-39(49)25-46-47(51(63)18-17-50(46)59)22-33-11-12-35-15-16-44(48(24-37)58(67)69-53)52(64)27-41(35)19-33/h5,9,11-12,19-21,23,26,32,36-39,46-47,49-50,52-53,60-62,64,66,68H,2-4,6-8,10,15-18,22,24-25,27-31H2,1H3. The van der Waals surface area contributed by atoms with Gasteiger partial charge in [-0.05, 0) is 158 Å². The molecule has 11 nitrogen and oxygen atoms in total. The molecule has 0 saturated heterocycles. The molecule has 3 saturated carbocycles. The number of aliphatic hydroxyl groups is 4. The molecule has 3 aliphatic heterocycles. The first kappa shape index (κ1) is 47.1. The Hall–Kier alpha value is -5.25. The van der Waals surface area contributed by atoms with Crippen LogP contribution in [0, 0.1) is 41.4 Å². The summed E-state index contributed by atoms with van der Waals surface area (Å²) < 4.78 is 13.3. The molecular weight excluding hydrogens is 883 g/mol. The number of fused-ring (bicyclic) bond motifs is 10. The minimum absolute atomic E-state index is 0.00724. The van der Waals surface area contributed by atoms with Gasteiger partial charge < -0.3 is 40.3 Å². The number of anilines is 1. The fourth-order valence-electron chi connectivity index (χ4n) is 14.5. The van der Waals surface area contributed by atoms with E-state index in [0.29, 0.717) is 83.4 Å². The molecule has 3 fully saturated rings. The van der Waals surface area contributed by atoms with Crippen molar-refractivity contribution in [3.05, 3.63) is 110 Å². The second kappa shape index (κ2) is 19.1. The van der Waals surface area contributed by atoms with E-state index in [-0.39, 0.29) is 85.5 Å². The van der Waals surface area contributed by atoms with Crippen molar-refractivity contribution < 1.29 is 49.4 Å². The maximum Gasteiger partial charge on any atom is 0.334 e. The maximum atomic E-state index is 16.0. The number of Topliss-reactive ketones (excluding diaryl/α,β-unsaturated/α-hetero) is 1. The second-order valence-electron chi connectivity index (χ2n) is 22.1. The van der Waals surface area contributed by atoms with Crippen LogP contribution in [0.3, 0.4) is 0 Å². The first-order valence-electron chi connectivity index (χ1n) is 26.3. The Morgan fingerprint density at radius 1 is 0.857 bits per heavy atom. The zero-order valence-electron chi connectivity index (χ0n) is 40.3. The number of phenols is 1. The smallest absolute Gasteiger partial charge is 0.334 e. The molecule has 3 aromatic carbocycles. The topological polar surface area (TPSA) is 183 Å². The minimum atomic E-state index is -1.63. The van der Waals surface area contributed by atoms with E-state index in [4.69, 9.17) is 9.47 Å². The predicted octanol–water partition coefficient (Wildman–Crippen LogP) is 8.09. The molecule has 368 valence electrons. The van der Waals surface area contributed by atoms with Crippen molar-refractivity contribution in [1.82, 2.24) is 0 Å². The summed E-state index contributed by atoms with van der Waals surface area (Å²) in [6.45, 7) is 1.65. The van der Waals surface area contributed by atoms with Crippen molar-refractivity contribution in [2.24, 2.45) is 29.6 Å². The Morgan fingerprint density at radius 2 is 1.69 bits per heavy atom. The molecule has 11 atom stereocenters. The van der Waals surface area contributed by atoms with Crippen LogP contribution in [0.1, 0.15) is 153 Å². The molecule has 11 unspecified atom stereocenters. The summed E-state index contributed by atoms with van der Waals surface area (Å²) in [5.41, 5.74) is 5.92. The molecule has 0 radical (unpaired) electrons. The SMILES string of the molecule is CC(O)CNc1cc(CO)cc(C2C#CC3CC(=O)Oc4c3cc(c(O)c4C3CCCCC3)CC3OC(=O)C(=C4CCc5ccc(cc5CC4O)CC4C(=O)CCC5C4CC4C=CCCC4C35O)C2)c1. The summed E-state index contributed by atoms with van der Waals surface area (Å²) in [6.07, 6.45) is 10.5.